The van der Waals surface area contributed by atoms with Crippen LogP contribution in [0.5, 0.6) is 11.5 Å². The maximum atomic E-state index is 12.3. The third kappa shape index (κ3) is 6.66. The highest BCUT2D eigenvalue weighted by atomic mass is 35.5. The monoisotopic (exact) mass is 404 g/mol. The van der Waals surface area contributed by atoms with E-state index < -0.39 is 30.2 Å². The highest BCUT2D eigenvalue weighted by molar-refractivity contribution is 6.31. The molecule has 2 aromatic carbocycles. The van der Waals surface area contributed by atoms with E-state index in [9.17, 15) is 28.1 Å². The number of non-ortho nitro benzene ring substituents is 1. The van der Waals surface area contributed by atoms with Crippen molar-refractivity contribution in [2.75, 3.05) is 18.5 Å². The van der Waals surface area contributed by atoms with Crippen LogP contribution in [0.25, 0.3) is 0 Å². The SMILES string of the molecule is O=C(COc1cccc([N+](=O)[O-])c1)Nc1cc(Cl)ccc1OCC(F)(F)F. The molecule has 0 unspecified atom stereocenters. The number of anilines is 1. The van der Waals surface area contributed by atoms with E-state index in [4.69, 9.17) is 16.3 Å². The molecule has 0 saturated carbocycles. The molecule has 0 aliphatic heterocycles. The van der Waals surface area contributed by atoms with Gasteiger partial charge in [-0.2, -0.15) is 13.2 Å². The zero-order valence-corrected chi connectivity index (χ0v) is 14.2. The number of hydrogen-bond donors (Lipinski definition) is 1. The fourth-order valence-corrected chi connectivity index (χ4v) is 2.08. The van der Waals surface area contributed by atoms with Gasteiger partial charge in [0.2, 0.25) is 0 Å². The molecule has 2 aromatic rings. The largest absolute Gasteiger partial charge is 0.484 e. The summed E-state index contributed by atoms with van der Waals surface area (Å²) in [4.78, 5) is 22.1. The minimum absolute atomic E-state index is 0.0700. The Morgan fingerprint density at radius 1 is 1.19 bits per heavy atom. The number of ether oxygens (including phenoxy) is 2. The number of alkyl halides is 3. The Balaban J connectivity index is 2.01. The summed E-state index contributed by atoms with van der Waals surface area (Å²) in [6.07, 6.45) is -4.55. The predicted molar refractivity (Wildman–Crippen MR) is 90.2 cm³/mol. The van der Waals surface area contributed by atoms with E-state index in [0.29, 0.717) is 0 Å². The van der Waals surface area contributed by atoms with Crippen molar-refractivity contribution in [3.8, 4) is 11.5 Å². The van der Waals surface area contributed by atoms with E-state index in [1.54, 1.807) is 0 Å². The summed E-state index contributed by atoms with van der Waals surface area (Å²) in [5.41, 5.74) is -0.287. The third-order valence-electron chi connectivity index (χ3n) is 3.01. The fraction of sp³-hybridized carbons (Fsp3) is 0.188. The Bertz CT molecular complexity index is 845. The van der Waals surface area contributed by atoms with E-state index in [2.05, 4.69) is 10.1 Å². The molecule has 1 amide bonds. The molecule has 2 rings (SSSR count). The van der Waals surface area contributed by atoms with Crippen LogP contribution in [0, 0.1) is 10.1 Å². The van der Waals surface area contributed by atoms with Crippen LogP contribution in [0.1, 0.15) is 0 Å². The number of rotatable bonds is 7. The number of nitro benzene ring substituents is 1. The van der Waals surface area contributed by atoms with Crippen molar-refractivity contribution in [3.05, 3.63) is 57.6 Å². The van der Waals surface area contributed by atoms with Crippen molar-refractivity contribution < 1.29 is 32.4 Å². The molecule has 0 atom stereocenters. The van der Waals surface area contributed by atoms with Gasteiger partial charge in [0.15, 0.2) is 13.2 Å². The number of carbonyl (C=O) groups is 1. The number of amides is 1. The molecule has 0 saturated heterocycles. The lowest BCUT2D eigenvalue weighted by Gasteiger charge is -2.14. The molecular formula is C16H12ClF3N2O5. The first kappa shape index (κ1) is 20.3. The average molecular weight is 405 g/mol. The summed E-state index contributed by atoms with van der Waals surface area (Å²) >= 11 is 5.79. The molecule has 144 valence electrons. The molecule has 0 bridgehead atoms. The molecule has 0 aliphatic carbocycles. The topological polar surface area (TPSA) is 90.7 Å². The minimum Gasteiger partial charge on any atom is -0.484 e. The molecular weight excluding hydrogens is 393 g/mol. The summed E-state index contributed by atoms with van der Waals surface area (Å²) in [6, 6.07) is 8.89. The molecule has 0 aromatic heterocycles. The van der Waals surface area contributed by atoms with Gasteiger partial charge in [-0.25, -0.2) is 0 Å². The lowest BCUT2D eigenvalue weighted by atomic mass is 10.3. The fourth-order valence-electron chi connectivity index (χ4n) is 1.91. The third-order valence-corrected chi connectivity index (χ3v) is 3.24. The first-order valence-electron chi connectivity index (χ1n) is 7.30. The predicted octanol–water partition coefficient (Wildman–Crippen LogP) is 4.21. The zero-order valence-electron chi connectivity index (χ0n) is 13.5. The van der Waals surface area contributed by atoms with Crippen molar-refractivity contribution in [2.45, 2.75) is 6.18 Å². The summed E-state index contributed by atoms with van der Waals surface area (Å²) in [6.45, 7) is -2.08. The second-order valence-corrected chi connectivity index (χ2v) is 5.57. The van der Waals surface area contributed by atoms with Crippen LogP contribution < -0.4 is 14.8 Å². The summed E-state index contributed by atoms with van der Waals surface area (Å²) < 4.78 is 46.7. The number of carbonyl (C=O) groups excluding carboxylic acids is 1. The van der Waals surface area contributed by atoms with Crippen LogP contribution in [-0.2, 0) is 4.79 Å². The highest BCUT2D eigenvalue weighted by Crippen LogP contribution is 2.29. The van der Waals surface area contributed by atoms with Crippen LogP contribution >= 0.6 is 11.6 Å². The Hall–Kier alpha value is -3.01. The number of nitro groups is 1. The molecule has 7 nitrogen and oxygen atoms in total. The smallest absolute Gasteiger partial charge is 0.422 e. The molecule has 0 spiro atoms. The van der Waals surface area contributed by atoms with Crippen LogP contribution in [0.15, 0.2) is 42.5 Å². The van der Waals surface area contributed by atoms with Gasteiger partial charge in [0, 0.05) is 11.1 Å². The summed E-state index contributed by atoms with van der Waals surface area (Å²) in [7, 11) is 0. The van der Waals surface area contributed by atoms with Crippen molar-refractivity contribution in [3.63, 3.8) is 0 Å². The number of nitrogens with one attached hydrogen (secondary N) is 1. The van der Waals surface area contributed by atoms with E-state index in [1.165, 1.54) is 36.4 Å². The first-order valence-corrected chi connectivity index (χ1v) is 7.68. The Morgan fingerprint density at radius 3 is 2.59 bits per heavy atom. The Morgan fingerprint density at radius 2 is 1.93 bits per heavy atom. The number of halogens is 4. The van der Waals surface area contributed by atoms with Crippen molar-refractivity contribution in [2.24, 2.45) is 0 Å². The molecule has 27 heavy (non-hydrogen) atoms. The number of hydrogen-bond acceptors (Lipinski definition) is 5. The summed E-state index contributed by atoms with van der Waals surface area (Å²) in [5.74, 6) is -0.861. The van der Waals surface area contributed by atoms with Gasteiger partial charge in [-0.1, -0.05) is 17.7 Å². The Kier molecular flexibility index (Phi) is 6.45. The van der Waals surface area contributed by atoms with Crippen LogP contribution in [0.4, 0.5) is 24.5 Å². The van der Waals surface area contributed by atoms with Gasteiger partial charge in [0.1, 0.15) is 11.5 Å². The van der Waals surface area contributed by atoms with Crippen molar-refractivity contribution >= 4 is 28.9 Å². The van der Waals surface area contributed by atoms with Gasteiger partial charge in [-0.3, -0.25) is 14.9 Å². The van der Waals surface area contributed by atoms with E-state index in [1.807, 2.05) is 0 Å². The van der Waals surface area contributed by atoms with Gasteiger partial charge in [-0.15, -0.1) is 0 Å². The molecule has 0 fully saturated rings. The van der Waals surface area contributed by atoms with E-state index in [0.717, 1.165) is 6.07 Å². The van der Waals surface area contributed by atoms with E-state index >= 15 is 0 Å². The molecule has 11 heteroatoms. The molecule has 0 heterocycles. The van der Waals surface area contributed by atoms with Gasteiger partial charge < -0.3 is 14.8 Å². The van der Waals surface area contributed by atoms with Gasteiger partial charge >= 0.3 is 6.18 Å². The lowest BCUT2D eigenvalue weighted by Crippen LogP contribution is -2.22. The quantitative estimate of drug-likeness (QED) is 0.551. The van der Waals surface area contributed by atoms with Gasteiger partial charge in [-0.05, 0) is 24.3 Å². The van der Waals surface area contributed by atoms with Gasteiger partial charge in [0.25, 0.3) is 11.6 Å². The number of benzene rings is 2. The van der Waals surface area contributed by atoms with Crippen LogP contribution in [0.2, 0.25) is 5.02 Å². The second-order valence-electron chi connectivity index (χ2n) is 5.14. The Labute approximate surface area is 155 Å². The van der Waals surface area contributed by atoms with Gasteiger partial charge in [0.05, 0.1) is 16.7 Å². The maximum absolute atomic E-state index is 12.3. The summed E-state index contributed by atoms with van der Waals surface area (Å²) in [5, 5.41) is 13.2. The standard InChI is InChI=1S/C16H12ClF3N2O5/c17-10-4-5-14(27-9-16(18,19)20)13(6-10)21-15(23)8-26-12-3-1-2-11(7-12)22(24)25/h1-7H,8-9H2,(H,21,23). The first-order chi connectivity index (χ1) is 12.6. The normalized spacial score (nSPS) is 11.0. The lowest BCUT2D eigenvalue weighted by molar-refractivity contribution is -0.384. The number of nitrogens with zero attached hydrogens (tertiary/aromatic N) is 1. The van der Waals surface area contributed by atoms with Crippen molar-refractivity contribution in [1.29, 1.82) is 0 Å². The van der Waals surface area contributed by atoms with Crippen molar-refractivity contribution in [1.82, 2.24) is 0 Å². The zero-order chi connectivity index (χ0) is 20.0. The van der Waals surface area contributed by atoms with E-state index in [-0.39, 0.29) is 27.9 Å². The second kappa shape index (κ2) is 8.58. The molecule has 0 radical (unpaired) electrons. The molecule has 0 aliphatic rings. The molecule has 1 N–H and O–H groups in total. The van der Waals surface area contributed by atoms with Crippen LogP contribution in [0.3, 0.4) is 0 Å². The minimum atomic E-state index is -4.55. The van der Waals surface area contributed by atoms with Crippen LogP contribution in [-0.4, -0.2) is 30.2 Å². The maximum Gasteiger partial charge on any atom is 0.422 e. The average Bonchev–Trinajstić information content (AvgIpc) is 2.58. The highest BCUT2D eigenvalue weighted by Gasteiger charge is 2.29.